The molecule has 134 valence electrons. The number of rotatable bonds is 2. The second kappa shape index (κ2) is 6.67. The fourth-order valence-corrected chi connectivity index (χ4v) is 3.43. The minimum atomic E-state index is 0.0171. The van der Waals surface area contributed by atoms with Crippen molar-refractivity contribution in [3.05, 3.63) is 29.3 Å². The number of hydrogen-bond donors (Lipinski definition) is 0. The zero-order chi connectivity index (χ0) is 17.4. The third-order valence-corrected chi connectivity index (χ3v) is 5.17. The molecule has 0 radical (unpaired) electrons. The topological polar surface area (TPSA) is 59.1 Å². The standard InChI is InChI=1S/C19H24N2O4/c1-13-12-25-17-5-4-15(18(22)20-6-8-24-9-7-20)10-16(17)11-21(13)19(23)14-2-3-14/h4-5,10,13-14H,2-3,6-9,11-12H2,1H3/t13-/m0/s1. The number of benzene rings is 1. The molecule has 2 fully saturated rings. The van der Waals surface area contributed by atoms with Crippen LogP contribution in [0.4, 0.5) is 0 Å². The maximum Gasteiger partial charge on any atom is 0.254 e. The Morgan fingerprint density at radius 2 is 1.92 bits per heavy atom. The van der Waals surface area contributed by atoms with Crippen LogP contribution in [0.25, 0.3) is 0 Å². The highest BCUT2D eigenvalue weighted by atomic mass is 16.5. The van der Waals surface area contributed by atoms with E-state index in [1.54, 1.807) is 0 Å². The van der Waals surface area contributed by atoms with Crippen LogP contribution < -0.4 is 4.74 Å². The van der Waals surface area contributed by atoms with E-state index in [1.807, 2.05) is 34.9 Å². The van der Waals surface area contributed by atoms with Crippen LogP contribution in [0.3, 0.4) is 0 Å². The van der Waals surface area contributed by atoms with Crippen molar-refractivity contribution >= 4 is 11.8 Å². The summed E-state index contributed by atoms with van der Waals surface area (Å²) in [6.07, 6.45) is 1.98. The molecule has 0 spiro atoms. The van der Waals surface area contributed by atoms with Crippen LogP contribution in [0.5, 0.6) is 5.75 Å². The second-order valence-corrected chi connectivity index (χ2v) is 7.13. The number of morpholine rings is 1. The van der Waals surface area contributed by atoms with Crippen LogP contribution >= 0.6 is 0 Å². The Hall–Kier alpha value is -2.08. The SMILES string of the molecule is C[C@H]1COc2ccc(C(=O)N3CCOCC3)cc2CN1C(=O)C1CC1. The van der Waals surface area contributed by atoms with Gasteiger partial charge in [-0.3, -0.25) is 9.59 Å². The smallest absolute Gasteiger partial charge is 0.254 e. The Morgan fingerprint density at radius 1 is 1.16 bits per heavy atom. The first-order valence-corrected chi connectivity index (χ1v) is 9.06. The van der Waals surface area contributed by atoms with Gasteiger partial charge in [-0.2, -0.15) is 0 Å². The predicted octanol–water partition coefficient (Wildman–Crippen LogP) is 1.68. The maximum absolute atomic E-state index is 12.7. The summed E-state index contributed by atoms with van der Waals surface area (Å²) in [4.78, 5) is 29.0. The zero-order valence-electron chi connectivity index (χ0n) is 14.6. The molecule has 2 aliphatic heterocycles. The Morgan fingerprint density at radius 3 is 2.64 bits per heavy atom. The summed E-state index contributed by atoms with van der Waals surface area (Å²) < 4.78 is 11.2. The first kappa shape index (κ1) is 16.4. The zero-order valence-corrected chi connectivity index (χ0v) is 14.6. The molecule has 4 rings (SSSR count). The van der Waals surface area contributed by atoms with Gasteiger partial charge in [-0.15, -0.1) is 0 Å². The van der Waals surface area contributed by atoms with Crippen LogP contribution in [0, 0.1) is 5.92 Å². The molecule has 2 amide bonds. The lowest BCUT2D eigenvalue weighted by atomic mass is 10.1. The quantitative estimate of drug-likeness (QED) is 0.819. The van der Waals surface area contributed by atoms with Crippen LogP contribution in [0.1, 0.15) is 35.7 Å². The number of carbonyl (C=O) groups excluding carboxylic acids is 2. The van der Waals surface area contributed by atoms with Crippen molar-refractivity contribution in [3.63, 3.8) is 0 Å². The summed E-state index contributed by atoms with van der Waals surface area (Å²) in [5.74, 6) is 1.19. The third kappa shape index (κ3) is 3.35. The Bertz CT molecular complexity index is 680. The number of ether oxygens (including phenoxy) is 2. The minimum Gasteiger partial charge on any atom is -0.491 e. The molecule has 0 aromatic heterocycles. The van der Waals surface area contributed by atoms with E-state index in [2.05, 4.69) is 0 Å². The summed E-state index contributed by atoms with van der Waals surface area (Å²) in [5, 5.41) is 0. The number of amides is 2. The van der Waals surface area contributed by atoms with Gasteiger partial charge in [0.25, 0.3) is 5.91 Å². The van der Waals surface area contributed by atoms with E-state index in [0.717, 1.165) is 24.2 Å². The second-order valence-electron chi connectivity index (χ2n) is 7.13. The molecule has 0 N–H and O–H groups in total. The van der Waals surface area contributed by atoms with Crippen molar-refractivity contribution in [1.29, 1.82) is 0 Å². The highest BCUT2D eigenvalue weighted by Gasteiger charge is 2.36. The number of fused-ring (bicyclic) bond motifs is 1. The summed E-state index contributed by atoms with van der Waals surface area (Å²) >= 11 is 0. The summed E-state index contributed by atoms with van der Waals surface area (Å²) in [7, 11) is 0. The van der Waals surface area contributed by atoms with Crippen molar-refractivity contribution in [1.82, 2.24) is 9.80 Å². The fourth-order valence-electron chi connectivity index (χ4n) is 3.43. The molecule has 0 unspecified atom stereocenters. The van der Waals surface area contributed by atoms with Gasteiger partial charge >= 0.3 is 0 Å². The molecule has 2 heterocycles. The predicted molar refractivity (Wildman–Crippen MR) is 91.4 cm³/mol. The van der Waals surface area contributed by atoms with Crippen LogP contribution in [0.2, 0.25) is 0 Å². The van der Waals surface area contributed by atoms with Crippen molar-refractivity contribution < 1.29 is 19.1 Å². The third-order valence-electron chi connectivity index (χ3n) is 5.17. The average molecular weight is 344 g/mol. The lowest BCUT2D eigenvalue weighted by molar-refractivity contribution is -0.135. The molecule has 6 nitrogen and oxygen atoms in total. The first-order chi connectivity index (χ1) is 12.1. The maximum atomic E-state index is 12.7. The van der Waals surface area contributed by atoms with Crippen LogP contribution in [-0.2, 0) is 16.1 Å². The monoisotopic (exact) mass is 344 g/mol. The Kier molecular flexibility index (Phi) is 4.37. The van der Waals surface area contributed by atoms with Crippen LogP contribution in [-0.4, -0.2) is 60.6 Å². The van der Waals surface area contributed by atoms with E-state index < -0.39 is 0 Å². The molecule has 25 heavy (non-hydrogen) atoms. The summed E-state index contributed by atoms with van der Waals surface area (Å²) in [5.41, 5.74) is 1.56. The van der Waals surface area contributed by atoms with Gasteiger partial charge in [-0.25, -0.2) is 0 Å². The summed E-state index contributed by atoms with van der Waals surface area (Å²) in [6.45, 7) is 5.43. The normalized spacial score (nSPS) is 23.5. The van der Waals surface area contributed by atoms with Crippen molar-refractivity contribution in [2.24, 2.45) is 5.92 Å². The fraction of sp³-hybridized carbons (Fsp3) is 0.579. The van der Waals surface area contributed by atoms with Gasteiger partial charge in [0.1, 0.15) is 12.4 Å². The Balaban J connectivity index is 1.57. The van der Waals surface area contributed by atoms with E-state index in [9.17, 15) is 9.59 Å². The highest BCUT2D eigenvalue weighted by Crippen LogP contribution is 2.34. The van der Waals surface area contributed by atoms with E-state index in [4.69, 9.17) is 9.47 Å². The molecule has 1 saturated heterocycles. The molecule has 1 saturated carbocycles. The Labute approximate surface area is 147 Å². The molecular formula is C19H24N2O4. The van der Waals surface area contributed by atoms with Crippen molar-refractivity contribution in [3.8, 4) is 5.75 Å². The van der Waals surface area contributed by atoms with Gasteiger partial charge in [-0.1, -0.05) is 0 Å². The van der Waals surface area contributed by atoms with E-state index in [0.29, 0.717) is 45.0 Å². The van der Waals surface area contributed by atoms with Gasteiger partial charge in [0.15, 0.2) is 0 Å². The first-order valence-electron chi connectivity index (χ1n) is 9.06. The molecule has 1 aromatic rings. The van der Waals surface area contributed by atoms with E-state index in [-0.39, 0.29) is 23.8 Å². The largest absolute Gasteiger partial charge is 0.491 e. The van der Waals surface area contributed by atoms with Crippen molar-refractivity contribution in [2.75, 3.05) is 32.9 Å². The lowest BCUT2D eigenvalue weighted by Crippen LogP contribution is -2.41. The number of hydrogen-bond acceptors (Lipinski definition) is 4. The van der Waals surface area contributed by atoms with Gasteiger partial charge < -0.3 is 19.3 Å². The molecule has 3 aliphatic rings. The van der Waals surface area contributed by atoms with E-state index >= 15 is 0 Å². The number of nitrogens with zero attached hydrogens (tertiary/aromatic N) is 2. The van der Waals surface area contributed by atoms with Crippen molar-refractivity contribution in [2.45, 2.75) is 32.4 Å². The van der Waals surface area contributed by atoms with Gasteiger partial charge in [0.05, 0.1) is 19.3 Å². The molecule has 6 heteroatoms. The van der Waals surface area contributed by atoms with Crippen LogP contribution in [0.15, 0.2) is 18.2 Å². The van der Waals surface area contributed by atoms with Gasteiger partial charge in [0.2, 0.25) is 5.91 Å². The number of carbonyl (C=O) groups is 2. The molecule has 1 aromatic carbocycles. The summed E-state index contributed by atoms with van der Waals surface area (Å²) in [6, 6.07) is 5.61. The average Bonchev–Trinajstić information content (AvgIpc) is 3.49. The molecule has 1 aliphatic carbocycles. The molecular weight excluding hydrogens is 320 g/mol. The van der Waals surface area contributed by atoms with Gasteiger partial charge in [-0.05, 0) is 38.0 Å². The minimum absolute atomic E-state index is 0.0171. The molecule has 1 atom stereocenters. The van der Waals surface area contributed by atoms with Gasteiger partial charge in [0, 0.05) is 36.7 Å². The lowest BCUT2D eigenvalue weighted by Gasteiger charge is -2.27. The molecule has 0 bridgehead atoms. The highest BCUT2D eigenvalue weighted by molar-refractivity contribution is 5.94. The van der Waals surface area contributed by atoms with E-state index in [1.165, 1.54) is 0 Å².